The molecule has 0 aliphatic carbocycles. The van der Waals surface area contributed by atoms with Crippen molar-refractivity contribution in [2.75, 3.05) is 18.6 Å². The third kappa shape index (κ3) is 4.12. The Morgan fingerprint density at radius 1 is 1.30 bits per heavy atom. The van der Waals surface area contributed by atoms with Crippen molar-refractivity contribution in [1.82, 2.24) is 24.8 Å². The number of fused-ring (bicyclic) bond motifs is 1. The fourth-order valence-corrected chi connectivity index (χ4v) is 3.23. The summed E-state index contributed by atoms with van der Waals surface area (Å²) in [5.74, 6) is 0.710. The van der Waals surface area contributed by atoms with Crippen molar-refractivity contribution in [1.29, 1.82) is 0 Å². The first-order valence-electron chi connectivity index (χ1n) is 9.88. The monoisotopic (exact) mass is 414 g/mol. The number of hydrogen-bond acceptors (Lipinski definition) is 6. The molecule has 0 radical (unpaired) electrons. The van der Waals surface area contributed by atoms with Gasteiger partial charge in [0.05, 0.1) is 17.7 Å². The molecule has 10 heteroatoms. The molecule has 0 aliphatic rings. The summed E-state index contributed by atoms with van der Waals surface area (Å²) in [6.45, 7) is 6.75. The molecular weight excluding hydrogens is 388 g/mol. The van der Waals surface area contributed by atoms with Crippen molar-refractivity contribution in [3.63, 3.8) is 0 Å². The molecule has 0 bridgehead atoms. The minimum absolute atomic E-state index is 0.130. The first kappa shape index (κ1) is 21.3. The van der Waals surface area contributed by atoms with Crippen LogP contribution in [-0.4, -0.2) is 49.6 Å². The van der Waals surface area contributed by atoms with Crippen LogP contribution in [0.3, 0.4) is 0 Å². The highest BCUT2D eigenvalue weighted by molar-refractivity contribution is 5.97. The second kappa shape index (κ2) is 8.93. The summed E-state index contributed by atoms with van der Waals surface area (Å²) in [7, 11) is 1.41. The number of unbranched alkanes of at least 4 members (excludes halogenated alkanes) is 1. The summed E-state index contributed by atoms with van der Waals surface area (Å²) in [4.78, 5) is 26.2. The number of rotatable bonds is 8. The SMILES string of the molecule is CCCCOc1c(N(C)C(=O)O)n(CC(C)C)c(=O)c2ccc(-n3cnnn3)cc12. The van der Waals surface area contributed by atoms with Crippen LogP contribution in [0.4, 0.5) is 10.6 Å². The van der Waals surface area contributed by atoms with Gasteiger partial charge < -0.3 is 9.84 Å². The zero-order valence-corrected chi connectivity index (χ0v) is 17.6. The van der Waals surface area contributed by atoms with Crippen molar-refractivity contribution < 1.29 is 14.6 Å². The number of aromatic nitrogens is 5. The highest BCUT2D eigenvalue weighted by Crippen LogP contribution is 2.36. The van der Waals surface area contributed by atoms with Crippen LogP contribution in [0, 0.1) is 5.92 Å². The van der Waals surface area contributed by atoms with Crippen molar-refractivity contribution in [3.8, 4) is 11.4 Å². The van der Waals surface area contributed by atoms with Gasteiger partial charge in [-0.3, -0.25) is 14.3 Å². The number of hydrogen-bond donors (Lipinski definition) is 1. The van der Waals surface area contributed by atoms with Gasteiger partial charge in [0.1, 0.15) is 6.33 Å². The van der Waals surface area contributed by atoms with Crippen LogP contribution in [0.15, 0.2) is 29.3 Å². The molecule has 0 saturated carbocycles. The van der Waals surface area contributed by atoms with E-state index in [2.05, 4.69) is 15.5 Å². The van der Waals surface area contributed by atoms with E-state index in [0.29, 0.717) is 35.4 Å². The third-order valence-electron chi connectivity index (χ3n) is 4.69. The number of anilines is 1. The van der Waals surface area contributed by atoms with Crippen LogP contribution in [0.2, 0.25) is 0 Å². The average molecular weight is 414 g/mol. The lowest BCUT2D eigenvalue weighted by molar-refractivity contribution is 0.202. The molecule has 2 aromatic heterocycles. The summed E-state index contributed by atoms with van der Waals surface area (Å²) in [5, 5.41) is 21.8. The normalized spacial score (nSPS) is 11.2. The molecule has 0 saturated heterocycles. The van der Waals surface area contributed by atoms with Gasteiger partial charge in [-0.2, -0.15) is 0 Å². The van der Waals surface area contributed by atoms with Gasteiger partial charge in [-0.1, -0.05) is 27.2 Å². The van der Waals surface area contributed by atoms with Crippen molar-refractivity contribution in [2.24, 2.45) is 5.92 Å². The van der Waals surface area contributed by atoms with Gasteiger partial charge in [0, 0.05) is 19.0 Å². The van der Waals surface area contributed by atoms with E-state index < -0.39 is 6.09 Å². The highest BCUT2D eigenvalue weighted by Gasteiger charge is 2.25. The van der Waals surface area contributed by atoms with Crippen LogP contribution in [-0.2, 0) is 6.54 Å². The first-order valence-corrected chi connectivity index (χ1v) is 9.88. The fourth-order valence-electron chi connectivity index (χ4n) is 3.23. The Balaban J connectivity index is 2.35. The molecule has 160 valence electrons. The van der Waals surface area contributed by atoms with Gasteiger partial charge in [-0.25, -0.2) is 9.48 Å². The summed E-state index contributed by atoms with van der Waals surface area (Å²) >= 11 is 0. The topological polar surface area (TPSA) is 115 Å². The molecule has 1 aromatic carbocycles. The first-order chi connectivity index (χ1) is 14.3. The standard InChI is InChI=1S/C20H26N6O4/c1-5-6-9-30-17-16-10-14(26-12-21-22-23-26)7-8-15(16)19(27)25(11-13(2)3)18(17)24(4)20(28)29/h7-8,10,12-13H,5-6,9,11H2,1-4H3,(H,28,29). The Kier molecular flexibility index (Phi) is 6.34. The summed E-state index contributed by atoms with van der Waals surface area (Å²) in [6, 6.07) is 5.19. The summed E-state index contributed by atoms with van der Waals surface area (Å²) < 4.78 is 9.04. The molecule has 1 N–H and O–H groups in total. The number of nitrogens with zero attached hydrogens (tertiary/aromatic N) is 6. The molecule has 3 aromatic rings. The smallest absolute Gasteiger partial charge is 0.412 e. The molecule has 0 fully saturated rings. The Morgan fingerprint density at radius 2 is 2.07 bits per heavy atom. The van der Waals surface area contributed by atoms with Crippen molar-refractivity contribution >= 4 is 22.7 Å². The van der Waals surface area contributed by atoms with E-state index in [1.165, 1.54) is 22.6 Å². The zero-order valence-electron chi connectivity index (χ0n) is 17.6. The Morgan fingerprint density at radius 3 is 2.67 bits per heavy atom. The summed E-state index contributed by atoms with van der Waals surface area (Å²) in [5.41, 5.74) is 0.366. The van der Waals surface area contributed by atoms with E-state index in [1.54, 1.807) is 18.2 Å². The molecule has 10 nitrogen and oxygen atoms in total. The van der Waals surface area contributed by atoms with Gasteiger partial charge >= 0.3 is 6.09 Å². The largest absolute Gasteiger partial charge is 0.489 e. The Bertz CT molecular complexity index is 1090. The molecule has 0 spiro atoms. The van der Waals surface area contributed by atoms with Gasteiger partial charge in [-0.05, 0) is 41.0 Å². The number of benzene rings is 1. The lowest BCUT2D eigenvalue weighted by Crippen LogP contribution is -2.34. The molecule has 1 amide bonds. The maximum absolute atomic E-state index is 13.3. The van der Waals surface area contributed by atoms with Gasteiger partial charge in [0.25, 0.3) is 5.56 Å². The average Bonchev–Trinajstić information content (AvgIpc) is 3.25. The fraction of sp³-hybridized carbons (Fsp3) is 0.450. The molecule has 2 heterocycles. The molecule has 0 aliphatic heterocycles. The van der Waals surface area contributed by atoms with E-state index in [4.69, 9.17) is 4.74 Å². The number of tetrazole rings is 1. The van der Waals surface area contributed by atoms with E-state index in [-0.39, 0.29) is 17.3 Å². The van der Waals surface area contributed by atoms with Crippen LogP contribution < -0.4 is 15.2 Å². The predicted octanol–water partition coefficient (Wildman–Crippen LogP) is 2.93. The van der Waals surface area contributed by atoms with E-state index in [9.17, 15) is 14.7 Å². The number of ether oxygens (including phenoxy) is 1. The minimum Gasteiger partial charge on any atom is -0.489 e. The molecule has 0 unspecified atom stereocenters. The lowest BCUT2D eigenvalue weighted by atomic mass is 10.1. The van der Waals surface area contributed by atoms with E-state index in [1.807, 2.05) is 20.8 Å². The number of carboxylic acid groups (broad SMARTS) is 1. The van der Waals surface area contributed by atoms with Crippen LogP contribution in [0.5, 0.6) is 5.75 Å². The van der Waals surface area contributed by atoms with Crippen LogP contribution in [0.1, 0.15) is 33.6 Å². The maximum atomic E-state index is 13.3. The Labute approximate surface area is 173 Å². The molecular formula is C20H26N6O4. The van der Waals surface area contributed by atoms with Crippen LogP contribution >= 0.6 is 0 Å². The molecule has 3 rings (SSSR count). The maximum Gasteiger partial charge on any atom is 0.412 e. The zero-order chi connectivity index (χ0) is 21.8. The van der Waals surface area contributed by atoms with E-state index in [0.717, 1.165) is 17.7 Å². The Hall–Kier alpha value is -3.43. The number of amides is 1. The third-order valence-corrected chi connectivity index (χ3v) is 4.69. The highest BCUT2D eigenvalue weighted by atomic mass is 16.5. The lowest BCUT2D eigenvalue weighted by Gasteiger charge is -2.25. The molecule has 0 atom stereocenters. The number of carbonyl (C=O) groups is 1. The van der Waals surface area contributed by atoms with Crippen molar-refractivity contribution in [3.05, 3.63) is 34.9 Å². The summed E-state index contributed by atoms with van der Waals surface area (Å²) in [6.07, 6.45) is 1.99. The van der Waals surface area contributed by atoms with Gasteiger partial charge in [0.2, 0.25) is 0 Å². The molecule has 30 heavy (non-hydrogen) atoms. The minimum atomic E-state index is -1.18. The van der Waals surface area contributed by atoms with Gasteiger partial charge in [0.15, 0.2) is 11.6 Å². The number of pyridine rings is 1. The van der Waals surface area contributed by atoms with Crippen LogP contribution in [0.25, 0.3) is 16.5 Å². The van der Waals surface area contributed by atoms with Crippen molar-refractivity contribution in [2.45, 2.75) is 40.2 Å². The van der Waals surface area contributed by atoms with E-state index >= 15 is 0 Å². The second-order valence-electron chi connectivity index (χ2n) is 7.49. The second-order valence-corrected chi connectivity index (χ2v) is 7.49. The quantitative estimate of drug-likeness (QED) is 0.563. The van der Waals surface area contributed by atoms with Gasteiger partial charge in [-0.15, -0.1) is 5.10 Å². The predicted molar refractivity (Wildman–Crippen MR) is 113 cm³/mol.